The van der Waals surface area contributed by atoms with E-state index in [0.717, 1.165) is 0 Å². The standard InChI is InChI=1S/C9H15NO4/c1-9(2,3)8(11)6-4-7(5-6)14-10(12)13/h6-7H,4-5H2,1-3H3. The Kier molecular flexibility index (Phi) is 2.78. The van der Waals surface area contributed by atoms with Crippen LogP contribution in [0, 0.1) is 21.4 Å². The summed E-state index contributed by atoms with van der Waals surface area (Å²) in [5, 5.41) is 9.19. The van der Waals surface area contributed by atoms with Crippen molar-refractivity contribution < 1.29 is 14.7 Å². The zero-order valence-corrected chi connectivity index (χ0v) is 8.65. The average Bonchev–Trinajstić information content (AvgIpc) is 1.92. The molecular formula is C9H15NO4. The maximum atomic E-state index is 11.7. The molecule has 0 atom stereocenters. The third-order valence-electron chi connectivity index (χ3n) is 2.44. The Hall–Kier alpha value is -1.13. The van der Waals surface area contributed by atoms with Crippen LogP contribution < -0.4 is 0 Å². The molecule has 0 spiro atoms. The lowest BCUT2D eigenvalue weighted by molar-refractivity contribution is -0.772. The minimum absolute atomic E-state index is 0.0556. The maximum Gasteiger partial charge on any atom is 0.294 e. The van der Waals surface area contributed by atoms with Crippen LogP contribution in [0.5, 0.6) is 0 Å². The minimum atomic E-state index is -0.789. The third-order valence-corrected chi connectivity index (χ3v) is 2.44. The van der Waals surface area contributed by atoms with Crippen molar-refractivity contribution in [3.05, 3.63) is 10.1 Å². The number of carbonyl (C=O) groups excluding carboxylic acids is 1. The Morgan fingerprint density at radius 2 is 1.93 bits per heavy atom. The molecular weight excluding hydrogens is 186 g/mol. The molecule has 1 aliphatic rings. The van der Waals surface area contributed by atoms with Gasteiger partial charge >= 0.3 is 0 Å². The van der Waals surface area contributed by atoms with E-state index in [-0.39, 0.29) is 23.2 Å². The molecule has 0 saturated heterocycles. The largest absolute Gasteiger partial charge is 0.311 e. The first-order valence-electron chi connectivity index (χ1n) is 4.66. The predicted molar refractivity (Wildman–Crippen MR) is 49.1 cm³/mol. The van der Waals surface area contributed by atoms with Gasteiger partial charge in [-0.05, 0) is 12.8 Å². The predicted octanol–water partition coefficient (Wildman–Crippen LogP) is 1.59. The normalized spacial score (nSPS) is 26.5. The van der Waals surface area contributed by atoms with Gasteiger partial charge in [0, 0.05) is 11.3 Å². The summed E-state index contributed by atoms with van der Waals surface area (Å²) in [7, 11) is 0. The highest BCUT2D eigenvalue weighted by Gasteiger charge is 2.40. The van der Waals surface area contributed by atoms with Gasteiger partial charge in [-0.25, -0.2) is 0 Å². The number of rotatable bonds is 3. The molecule has 14 heavy (non-hydrogen) atoms. The van der Waals surface area contributed by atoms with Gasteiger partial charge in [0.1, 0.15) is 11.9 Å². The molecule has 1 saturated carbocycles. The molecule has 0 aromatic heterocycles. The van der Waals surface area contributed by atoms with Gasteiger partial charge in [0.15, 0.2) is 0 Å². The molecule has 0 heterocycles. The van der Waals surface area contributed by atoms with E-state index in [9.17, 15) is 14.9 Å². The number of nitrogens with zero attached hydrogens (tertiary/aromatic N) is 1. The van der Waals surface area contributed by atoms with E-state index in [4.69, 9.17) is 0 Å². The third kappa shape index (κ3) is 2.43. The van der Waals surface area contributed by atoms with Gasteiger partial charge in [-0.2, -0.15) is 0 Å². The Morgan fingerprint density at radius 1 is 1.43 bits per heavy atom. The van der Waals surface area contributed by atoms with Gasteiger partial charge in [-0.15, -0.1) is 10.1 Å². The van der Waals surface area contributed by atoms with Crippen molar-refractivity contribution >= 4 is 5.78 Å². The fraction of sp³-hybridized carbons (Fsp3) is 0.889. The second-order valence-electron chi connectivity index (χ2n) is 4.73. The van der Waals surface area contributed by atoms with E-state index in [2.05, 4.69) is 4.84 Å². The molecule has 1 aliphatic carbocycles. The second-order valence-corrected chi connectivity index (χ2v) is 4.73. The Balaban J connectivity index is 2.35. The molecule has 80 valence electrons. The summed E-state index contributed by atoms with van der Waals surface area (Å²) in [6, 6.07) is 0. The zero-order valence-electron chi connectivity index (χ0n) is 8.65. The first kappa shape index (κ1) is 10.9. The summed E-state index contributed by atoms with van der Waals surface area (Å²) in [5.74, 6) is 0.112. The van der Waals surface area contributed by atoms with E-state index in [1.807, 2.05) is 20.8 Å². The lowest BCUT2D eigenvalue weighted by Gasteiger charge is -2.35. The van der Waals surface area contributed by atoms with E-state index in [1.54, 1.807) is 0 Å². The van der Waals surface area contributed by atoms with Crippen LogP contribution in [-0.2, 0) is 9.63 Å². The van der Waals surface area contributed by atoms with Crippen LogP contribution in [0.25, 0.3) is 0 Å². The number of ketones is 1. The first-order valence-corrected chi connectivity index (χ1v) is 4.66. The highest BCUT2D eigenvalue weighted by molar-refractivity contribution is 5.86. The van der Waals surface area contributed by atoms with E-state index >= 15 is 0 Å². The fourth-order valence-corrected chi connectivity index (χ4v) is 1.60. The molecule has 0 aliphatic heterocycles. The first-order chi connectivity index (χ1) is 6.30. The Morgan fingerprint density at radius 3 is 2.29 bits per heavy atom. The van der Waals surface area contributed by atoms with Gasteiger partial charge in [0.25, 0.3) is 5.09 Å². The molecule has 5 heteroatoms. The van der Waals surface area contributed by atoms with Gasteiger partial charge in [-0.3, -0.25) is 4.79 Å². The molecule has 0 unspecified atom stereocenters. The van der Waals surface area contributed by atoms with Crippen LogP contribution in [0.2, 0.25) is 0 Å². The maximum absolute atomic E-state index is 11.7. The summed E-state index contributed by atoms with van der Waals surface area (Å²) < 4.78 is 0. The molecule has 5 nitrogen and oxygen atoms in total. The topological polar surface area (TPSA) is 69.4 Å². The van der Waals surface area contributed by atoms with Gasteiger partial charge < -0.3 is 4.84 Å². The van der Waals surface area contributed by atoms with Crippen LogP contribution in [0.15, 0.2) is 0 Å². The molecule has 0 aromatic rings. The molecule has 0 aromatic carbocycles. The average molecular weight is 201 g/mol. The highest BCUT2D eigenvalue weighted by atomic mass is 17.0. The van der Waals surface area contributed by atoms with Gasteiger partial charge in [-0.1, -0.05) is 20.8 Å². The summed E-state index contributed by atoms with van der Waals surface area (Å²) in [6.45, 7) is 5.57. The zero-order chi connectivity index (χ0) is 10.9. The van der Waals surface area contributed by atoms with Crippen LogP contribution in [0.4, 0.5) is 0 Å². The number of hydrogen-bond donors (Lipinski definition) is 0. The van der Waals surface area contributed by atoms with Crippen molar-refractivity contribution in [2.75, 3.05) is 0 Å². The van der Waals surface area contributed by atoms with Crippen molar-refractivity contribution in [2.24, 2.45) is 11.3 Å². The summed E-state index contributed by atoms with van der Waals surface area (Å²) in [5.41, 5.74) is -0.357. The minimum Gasteiger partial charge on any atom is -0.311 e. The molecule has 0 radical (unpaired) electrons. The lowest BCUT2D eigenvalue weighted by atomic mass is 9.71. The highest BCUT2D eigenvalue weighted by Crippen LogP contribution is 2.35. The van der Waals surface area contributed by atoms with Crippen molar-refractivity contribution in [3.8, 4) is 0 Å². The van der Waals surface area contributed by atoms with Crippen LogP contribution in [0.1, 0.15) is 33.6 Å². The van der Waals surface area contributed by atoms with E-state index < -0.39 is 5.09 Å². The van der Waals surface area contributed by atoms with E-state index in [0.29, 0.717) is 12.8 Å². The van der Waals surface area contributed by atoms with Crippen molar-refractivity contribution in [2.45, 2.75) is 39.7 Å². The van der Waals surface area contributed by atoms with Crippen LogP contribution >= 0.6 is 0 Å². The number of Topliss-reactive ketones (excluding diaryl/α,β-unsaturated/α-hetero) is 1. The summed E-state index contributed by atoms with van der Waals surface area (Å²) >= 11 is 0. The Labute approximate surface area is 82.5 Å². The van der Waals surface area contributed by atoms with Crippen LogP contribution in [0.3, 0.4) is 0 Å². The smallest absolute Gasteiger partial charge is 0.294 e. The fourth-order valence-electron chi connectivity index (χ4n) is 1.60. The van der Waals surface area contributed by atoms with Crippen molar-refractivity contribution in [1.29, 1.82) is 0 Å². The Bertz CT molecular complexity index is 250. The summed E-state index contributed by atoms with van der Waals surface area (Å²) in [4.78, 5) is 26.0. The molecule has 1 rings (SSSR count). The van der Waals surface area contributed by atoms with Gasteiger partial charge in [0.2, 0.25) is 0 Å². The van der Waals surface area contributed by atoms with Crippen molar-refractivity contribution in [1.82, 2.24) is 0 Å². The second kappa shape index (κ2) is 3.55. The number of carbonyl (C=O) groups is 1. The van der Waals surface area contributed by atoms with E-state index in [1.165, 1.54) is 0 Å². The van der Waals surface area contributed by atoms with Gasteiger partial charge in [0.05, 0.1) is 0 Å². The van der Waals surface area contributed by atoms with Crippen molar-refractivity contribution in [3.63, 3.8) is 0 Å². The molecule has 0 bridgehead atoms. The summed E-state index contributed by atoms with van der Waals surface area (Å²) in [6.07, 6.45) is 0.593. The molecule has 0 N–H and O–H groups in total. The van der Waals surface area contributed by atoms with Crippen LogP contribution in [-0.4, -0.2) is 17.0 Å². The molecule has 1 fully saturated rings. The lowest BCUT2D eigenvalue weighted by Crippen LogP contribution is -2.41. The number of hydrogen-bond acceptors (Lipinski definition) is 4. The SMILES string of the molecule is CC(C)(C)C(=O)C1CC(O[N+](=O)[O-])C1. The monoisotopic (exact) mass is 201 g/mol. The quantitative estimate of drug-likeness (QED) is 0.513. The molecule has 0 amide bonds.